The third-order valence-corrected chi connectivity index (χ3v) is 7.26. The molecule has 37 heavy (non-hydrogen) atoms. The van der Waals surface area contributed by atoms with Crippen LogP contribution in [0.2, 0.25) is 0 Å². The van der Waals surface area contributed by atoms with Gasteiger partial charge in [-0.1, -0.05) is 19.1 Å². The van der Waals surface area contributed by atoms with Crippen LogP contribution in [0.1, 0.15) is 30.4 Å². The fraction of sp³-hybridized carbons (Fsp3) is 0.455. The van der Waals surface area contributed by atoms with Crippen LogP contribution in [0, 0.1) is 5.92 Å². The molecule has 6 atom stereocenters. The van der Waals surface area contributed by atoms with Gasteiger partial charge >= 0.3 is 25.4 Å². The number of esters is 2. The van der Waals surface area contributed by atoms with Gasteiger partial charge in [0.2, 0.25) is 0 Å². The Balaban J connectivity index is 1.84. The molecule has 0 bridgehead atoms. The van der Waals surface area contributed by atoms with Gasteiger partial charge in [-0.2, -0.15) is 5.09 Å². The van der Waals surface area contributed by atoms with Gasteiger partial charge in [-0.15, -0.1) is 0 Å². The van der Waals surface area contributed by atoms with E-state index in [1.165, 1.54) is 31.3 Å². The minimum Gasteiger partial charge on any atom is -0.468 e. The molecule has 0 spiro atoms. The number of aromatic nitrogens is 2. The molecule has 2 aromatic rings. The van der Waals surface area contributed by atoms with Crippen molar-refractivity contribution < 1.29 is 42.5 Å². The smallest absolute Gasteiger partial charge is 0.459 e. The Morgan fingerprint density at radius 1 is 1.22 bits per heavy atom. The number of nitrogens with one attached hydrogen (secondary N) is 2. The molecule has 6 unspecified atom stereocenters. The van der Waals surface area contributed by atoms with Gasteiger partial charge < -0.3 is 23.8 Å². The Morgan fingerprint density at radius 3 is 2.57 bits per heavy atom. The lowest BCUT2D eigenvalue weighted by Crippen LogP contribution is -2.36. The van der Waals surface area contributed by atoms with Crippen LogP contribution in [-0.4, -0.2) is 65.7 Å². The first-order chi connectivity index (χ1) is 17.5. The number of aliphatic hydroxyl groups is 1. The number of aliphatic hydroxyl groups excluding tert-OH is 1. The first-order valence-electron chi connectivity index (χ1n) is 11.1. The van der Waals surface area contributed by atoms with Gasteiger partial charge in [0, 0.05) is 18.2 Å². The molecule has 0 aliphatic carbocycles. The predicted octanol–water partition coefficient (Wildman–Crippen LogP) is 0.572. The topological polar surface area (TPSA) is 184 Å². The summed E-state index contributed by atoms with van der Waals surface area (Å²) in [7, 11) is -2.11. The Morgan fingerprint density at radius 2 is 1.92 bits per heavy atom. The highest BCUT2D eigenvalue weighted by Crippen LogP contribution is 2.47. The van der Waals surface area contributed by atoms with Crippen molar-refractivity contribution >= 4 is 19.7 Å². The molecule has 1 aliphatic rings. The Bertz CT molecular complexity index is 1290. The number of H-pyrrole nitrogens is 1. The van der Waals surface area contributed by atoms with E-state index in [2.05, 4.69) is 14.8 Å². The molecule has 14 nitrogen and oxygen atoms in total. The molecule has 2 heterocycles. The van der Waals surface area contributed by atoms with Crippen molar-refractivity contribution in [2.24, 2.45) is 5.92 Å². The van der Waals surface area contributed by atoms with Crippen LogP contribution in [0.3, 0.4) is 0 Å². The number of rotatable bonds is 10. The summed E-state index contributed by atoms with van der Waals surface area (Å²) >= 11 is 0. The molecular formula is C22H28N3O11P. The van der Waals surface area contributed by atoms with Gasteiger partial charge in [0.1, 0.15) is 29.7 Å². The van der Waals surface area contributed by atoms with Gasteiger partial charge in [0.05, 0.1) is 26.9 Å². The number of benzene rings is 1. The van der Waals surface area contributed by atoms with Gasteiger partial charge in [0.25, 0.3) is 5.56 Å². The highest BCUT2D eigenvalue weighted by Gasteiger charge is 2.44. The number of ether oxygens (including phenoxy) is 3. The molecule has 0 saturated carbocycles. The molecule has 1 fully saturated rings. The standard InChI is InChI=1S/C22H28N3O11P/c1-12-18(27)16(35-19(12)25-10-9-17(26)23-22(25)30)11-34-37(31,24-13(2)20(28)32-3)36-15-8-6-5-7-14(15)21(29)33-4/h5-10,12-13,16,18-19,27H,11H2,1-4H3,(H,24,31)(H,23,26,30). The minimum atomic E-state index is -4.41. The van der Waals surface area contributed by atoms with Crippen LogP contribution >= 0.6 is 7.75 Å². The molecule has 1 aromatic carbocycles. The van der Waals surface area contributed by atoms with E-state index in [0.717, 1.165) is 24.9 Å². The Hall–Kier alpha value is -3.29. The maximum atomic E-state index is 13.7. The monoisotopic (exact) mass is 541 g/mol. The number of hydrogen-bond acceptors (Lipinski definition) is 11. The van der Waals surface area contributed by atoms with Crippen LogP contribution in [0.5, 0.6) is 5.75 Å². The maximum Gasteiger partial charge on any atom is 0.459 e. The van der Waals surface area contributed by atoms with Crippen molar-refractivity contribution in [1.29, 1.82) is 0 Å². The lowest BCUT2D eigenvalue weighted by molar-refractivity contribution is -0.142. The molecule has 1 aromatic heterocycles. The number of methoxy groups -OCH3 is 2. The normalized spacial score (nSPS) is 23.6. The highest BCUT2D eigenvalue weighted by atomic mass is 31.2. The van der Waals surface area contributed by atoms with Crippen LogP contribution in [0.15, 0.2) is 46.1 Å². The van der Waals surface area contributed by atoms with Crippen molar-refractivity contribution in [2.75, 3.05) is 20.8 Å². The number of aromatic amines is 1. The molecule has 0 radical (unpaired) electrons. The molecule has 202 valence electrons. The fourth-order valence-corrected chi connectivity index (χ4v) is 5.18. The second kappa shape index (κ2) is 11.8. The van der Waals surface area contributed by atoms with E-state index < -0.39 is 67.9 Å². The second-order valence-corrected chi connectivity index (χ2v) is 9.87. The zero-order valence-electron chi connectivity index (χ0n) is 20.5. The van der Waals surface area contributed by atoms with Gasteiger partial charge in [-0.05, 0) is 19.1 Å². The summed E-state index contributed by atoms with van der Waals surface area (Å²) in [6.07, 6.45) is -1.98. The quantitative estimate of drug-likeness (QED) is 0.281. The molecular weight excluding hydrogens is 513 g/mol. The maximum absolute atomic E-state index is 13.7. The van der Waals surface area contributed by atoms with Crippen molar-refractivity contribution in [2.45, 2.75) is 38.3 Å². The SMILES string of the molecule is COC(=O)c1ccccc1OP(=O)(NC(C)C(=O)OC)OCC1OC(n2ccc(=O)[nH]c2=O)C(C)C1O. The number of hydrogen-bond donors (Lipinski definition) is 3. The predicted molar refractivity (Wildman–Crippen MR) is 127 cm³/mol. The van der Waals surface area contributed by atoms with Gasteiger partial charge in [-0.3, -0.25) is 23.7 Å². The van der Waals surface area contributed by atoms with Crippen LogP contribution in [0.25, 0.3) is 0 Å². The van der Waals surface area contributed by atoms with E-state index >= 15 is 0 Å². The summed E-state index contributed by atoms with van der Waals surface area (Å²) in [5.74, 6) is -2.31. The van der Waals surface area contributed by atoms with Crippen molar-refractivity contribution in [3.63, 3.8) is 0 Å². The molecule has 1 aliphatic heterocycles. The van der Waals surface area contributed by atoms with E-state index in [1.807, 2.05) is 0 Å². The van der Waals surface area contributed by atoms with Crippen molar-refractivity contribution in [1.82, 2.24) is 14.6 Å². The third-order valence-electron chi connectivity index (χ3n) is 5.64. The van der Waals surface area contributed by atoms with Gasteiger partial charge in [0.15, 0.2) is 0 Å². The number of carbonyl (C=O) groups is 2. The fourth-order valence-electron chi connectivity index (χ4n) is 3.66. The zero-order chi connectivity index (χ0) is 27.3. The largest absolute Gasteiger partial charge is 0.468 e. The van der Waals surface area contributed by atoms with Crippen molar-refractivity contribution in [3.05, 3.63) is 62.9 Å². The summed E-state index contributed by atoms with van der Waals surface area (Å²) in [5, 5.41) is 13.1. The Labute approximate surface area is 211 Å². The number of nitrogens with zero attached hydrogens (tertiary/aromatic N) is 1. The molecule has 1 saturated heterocycles. The molecule has 3 N–H and O–H groups in total. The second-order valence-electron chi connectivity index (χ2n) is 8.18. The van der Waals surface area contributed by atoms with E-state index in [4.69, 9.17) is 18.5 Å². The number of para-hydroxylation sites is 1. The van der Waals surface area contributed by atoms with Crippen LogP contribution < -0.4 is 20.9 Å². The molecule has 3 rings (SSSR count). The summed E-state index contributed by atoms with van der Waals surface area (Å²) in [6, 6.07) is 5.78. The summed E-state index contributed by atoms with van der Waals surface area (Å²) in [5.41, 5.74) is -1.38. The first-order valence-corrected chi connectivity index (χ1v) is 12.7. The average Bonchev–Trinajstić information content (AvgIpc) is 3.15. The van der Waals surface area contributed by atoms with E-state index in [-0.39, 0.29) is 11.3 Å². The summed E-state index contributed by atoms with van der Waals surface area (Å²) < 4.78 is 41.1. The van der Waals surface area contributed by atoms with Gasteiger partial charge in [-0.25, -0.2) is 14.2 Å². The lowest BCUT2D eigenvalue weighted by atomic mass is 10.0. The van der Waals surface area contributed by atoms with E-state index in [9.17, 15) is 28.8 Å². The molecule has 15 heteroatoms. The average molecular weight is 541 g/mol. The number of carbonyl (C=O) groups excluding carboxylic acids is 2. The highest BCUT2D eigenvalue weighted by molar-refractivity contribution is 7.52. The zero-order valence-corrected chi connectivity index (χ0v) is 21.4. The Kier molecular flexibility index (Phi) is 9.05. The van der Waals surface area contributed by atoms with Crippen LogP contribution in [0.4, 0.5) is 0 Å². The lowest BCUT2D eigenvalue weighted by Gasteiger charge is -2.25. The first kappa shape index (κ1) is 28.3. The molecule has 0 amide bonds. The minimum absolute atomic E-state index is 0.0513. The van der Waals surface area contributed by atoms with E-state index in [1.54, 1.807) is 13.0 Å². The van der Waals surface area contributed by atoms with Crippen molar-refractivity contribution in [3.8, 4) is 5.75 Å². The summed E-state index contributed by atoms with van der Waals surface area (Å²) in [4.78, 5) is 49.8. The summed E-state index contributed by atoms with van der Waals surface area (Å²) in [6.45, 7) is 2.48. The third kappa shape index (κ3) is 6.53. The van der Waals surface area contributed by atoms with E-state index in [0.29, 0.717) is 0 Å². The van der Waals surface area contributed by atoms with Crippen LogP contribution in [-0.2, 0) is 28.1 Å².